The largest absolute Gasteiger partial charge is 0.449 e. The molecule has 4 rings (SSSR count). The average molecular weight is 412 g/mol. The van der Waals surface area contributed by atoms with Crippen LogP contribution in [-0.4, -0.2) is 27.6 Å². The number of carbonyl (C=O) groups is 2. The number of Topliss-reactive ketones (excluding diaryl/α,β-unsaturated/α-hetero) is 1. The van der Waals surface area contributed by atoms with E-state index in [4.69, 9.17) is 4.74 Å². The molecule has 0 saturated carbocycles. The van der Waals surface area contributed by atoms with E-state index >= 15 is 0 Å². The molecule has 1 heterocycles. The molecule has 31 heavy (non-hydrogen) atoms. The molecule has 3 aromatic carbocycles. The van der Waals surface area contributed by atoms with Crippen LogP contribution in [-0.2, 0) is 4.74 Å². The first kappa shape index (κ1) is 20.2. The minimum absolute atomic E-state index is 0.0254. The zero-order valence-electron chi connectivity index (χ0n) is 17.1. The van der Waals surface area contributed by atoms with E-state index < -0.39 is 12.1 Å². The second-order valence-corrected chi connectivity index (χ2v) is 7.22. The third-order valence-electron chi connectivity index (χ3n) is 4.99. The fraction of sp³-hybridized carbons (Fsp3) is 0.120. The Bertz CT molecular complexity index is 1330. The van der Waals surface area contributed by atoms with Crippen molar-refractivity contribution in [2.45, 2.75) is 20.0 Å². The van der Waals surface area contributed by atoms with Crippen molar-refractivity contribution in [1.29, 1.82) is 0 Å². The molecule has 0 amide bonds. The van der Waals surface area contributed by atoms with Crippen molar-refractivity contribution in [1.82, 2.24) is 9.78 Å². The maximum Gasteiger partial charge on any atom is 0.360 e. The Hall–Kier alpha value is -4.06. The van der Waals surface area contributed by atoms with E-state index in [0.29, 0.717) is 22.0 Å². The highest BCUT2D eigenvalue weighted by atomic mass is 16.5. The van der Waals surface area contributed by atoms with Crippen LogP contribution in [0.5, 0.6) is 0 Å². The van der Waals surface area contributed by atoms with Crippen molar-refractivity contribution >= 4 is 22.5 Å². The van der Waals surface area contributed by atoms with Crippen LogP contribution in [0, 0.1) is 6.92 Å². The summed E-state index contributed by atoms with van der Waals surface area (Å²) in [6.45, 7) is 3.45. The third-order valence-corrected chi connectivity index (χ3v) is 4.99. The minimum atomic E-state index is -1.01. The molecule has 1 aromatic heterocycles. The highest BCUT2D eigenvalue weighted by Gasteiger charge is 2.24. The van der Waals surface area contributed by atoms with Crippen molar-refractivity contribution < 1.29 is 14.3 Å². The zero-order valence-corrected chi connectivity index (χ0v) is 17.1. The molecule has 0 bridgehead atoms. The molecule has 0 N–H and O–H groups in total. The summed E-state index contributed by atoms with van der Waals surface area (Å²) in [6.07, 6.45) is -1.01. The van der Waals surface area contributed by atoms with Crippen molar-refractivity contribution in [3.05, 3.63) is 106 Å². The number of fused-ring (bicyclic) bond motifs is 1. The first-order valence-corrected chi connectivity index (χ1v) is 9.85. The van der Waals surface area contributed by atoms with Gasteiger partial charge in [-0.1, -0.05) is 66.2 Å². The molecule has 0 saturated heterocycles. The number of hydrogen-bond donors (Lipinski definition) is 0. The Kier molecular flexibility index (Phi) is 5.45. The molecule has 0 aliphatic carbocycles. The lowest BCUT2D eigenvalue weighted by Gasteiger charge is -2.14. The molecular formula is C25H20N2O4. The number of aromatic nitrogens is 2. The molecule has 0 radical (unpaired) electrons. The van der Waals surface area contributed by atoms with Gasteiger partial charge in [0.15, 0.2) is 11.8 Å². The SMILES string of the molecule is Cc1ccc(C(=O)[C@H](C)OC(=O)c2nn(-c3ccccc3)c(=O)c3ccccc23)cc1. The highest BCUT2D eigenvalue weighted by Crippen LogP contribution is 2.17. The van der Waals surface area contributed by atoms with Crippen LogP contribution < -0.4 is 5.56 Å². The molecule has 0 spiro atoms. The Morgan fingerprint density at radius 2 is 1.48 bits per heavy atom. The fourth-order valence-corrected chi connectivity index (χ4v) is 3.31. The predicted octanol–water partition coefficient (Wildman–Crippen LogP) is 4.12. The van der Waals surface area contributed by atoms with Gasteiger partial charge in [0.2, 0.25) is 5.78 Å². The van der Waals surface area contributed by atoms with E-state index in [9.17, 15) is 14.4 Å². The van der Waals surface area contributed by atoms with E-state index in [1.807, 2.05) is 25.1 Å². The van der Waals surface area contributed by atoms with Crippen molar-refractivity contribution in [3.8, 4) is 5.69 Å². The Morgan fingerprint density at radius 1 is 0.871 bits per heavy atom. The van der Waals surface area contributed by atoms with E-state index in [1.165, 1.54) is 11.6 Å². The number of carbonyl (C=O) groups excluding carboxylic acids is 2. The number of ether oxygens (including phenoxy) is 1. The molecule has 6 heteroatoms. The molecule has 0 fully saturated rings. The van der Waals surface area contributed by atoms with Gasteiger partial charge in [-0.2, -0.15) is 9.78 Å². The smallest absolute Gasteiger partial charge is 0.360 e. The summed E-state index contributed by atoms with van der Waals surface area (Å²) >= 11 is 0. The summed E-state index contributed by atoms with van der Waals surface area (Å²) in [4.78, 5) is 38.6. The highest BCUT2D eigenvalue weighted by molar-refractivity contribution is 6.05. The van der Waals surface area contributed by atoms with E-state index in [1.54, 1.807) is 60.7 Å². The van der Waals surface area contributed by atoms with E-state index in [2.05, 4.69) is 5.10 Å². The number of esters is 1. The molecule has 4 aromatic rings. The van der Waals surface area contributed by atoms with Gasteiger partial charge >= 0.3 is 5.97 Å². The van der Waals surface area contributed by atoms with Gasteiger partial charge < -0.3 is 4.74 Å². The van der Waals surface area contributed by atoms with Crippen molar-refractivity contribution in [3.63, 3.8) is 0 Å². The topological polar surface area (TPSA) is 78.3 Å². The summed E-state index contributed by atoms with van der Waals surface area (Å²) in [5.74, 6) is -1.08. The number of ketones is 1. The normalized spacial score (nSPS) is 11.8. The second kappa shape index (κ2) is 8.36. The quantitative estimate of drug-likeness (QED) is 0.364. The van der Waals surface area contributed by atoms with Crippen LogP contribution in [0.15, 0.2) is 83.7 Å². The molecule has 0 unspecified atom stereocenters. The lowest BCUT2D eigenvalue weighted by atomic mass is 10.1. The van der Waals surface area contributed by atoms with Crippen LogP contribution in [0.1, 0.15) is 33.3 Å². The molecular weight excluding hydrogens is 392 g/mol. The number of hydrogen-bond acceptors (Lipinski definition) is 5. The first-order valence-electron chi connectivity index (χ1n) is 9.85. The van der Waals surface area contributed by atoms with Crippen molar-refractivity contribution in [2.75, 3.05) is 0 Å². The molecule has 1 atom stereocenters. The number of rotatable bonds is 5. The molecule has 0 aliphatic rings. The lowest BCUT2D eigenvalue weighted by Crippen LogP contribution is -2.28. The van der Waals surface area contributed by atoms with Crippen LogP contribution in [0.25, 0.3) is 16.5 Å². The number of aryl methyl sites for hydroxylation is 1. The average Bonchev–Trinajstić information content (AvgIpc) is 2.80. The maximum atomic E-state index is 13.0. The third kappa shape index (κ3) is 4.00. The standard InChI is InChI=1S/C25H20N2O4/c1-16-12-14-18(15-13-16)23(28)17(2)31-25(30)22-20-10-6-7-11-21(20)24(29)27(26-22)19-8-4-3-5-9-19/h3-15,17H,1-2H3/t17-/m0/s1. The van der Waals surface area contributed by atoms with Crippen molar-refractivity contribution in [2.24, 2.45) is 0 Å². The van der Waals surface area contributed by atoms with Gasteiger partial charge in [-0.3, -0.25) is 9.59 Å². The minimum Gasteiger partial charge on any atom is -0.449 e. The molecule has 0 aliphatic heterocycles. The van der Waals surface area contributed by atoms with Gasteiger partial charge in [0, 0.05) is 10.9 Å². The fourth-order valence-electron chi connectivity index (χ4n) is 3.31. The van der Waals surface area contributed by atoms with Gasteiger partial charge in [0.25, 0.3) is 5.56 Å². The summed E-state index contributed by atoms with van der Waals surface area (Å²) < 4.78 is 6.63. The summed E-state index contributed by atoms with van der Waals surface area (Å²) in [6, 6.07) is 22.6. The van der Waals surface area contributed by atoms with Crippen LogP contribution in [0.2, 0.25) is 0 Å². The van der Waals surface area contributed by atoms with Crippen LogP contribution >= 0.6 is 0 Å². The predicted molar refractivity (Wildman–Crippen MR) is 118 cm³/mol. The second-order valence-electron chi connectivity index (χ2n) is 7.22. The van der Waals surface area contributed by atoms with Crippen LogP contribution in [0.4, 0.5) is 0 Å². The van der Waals surface area contributed by atoms with Gasteiger partial charge in [0.1, 0.15) is 0 Å². The Morgan fingerprint density at radius 3 is 2.16 bits per heavy atom. The maximum absolute atomic E-state index is 13.0. The van der Waals surface area contributed by atoms with Gasteiger partial charge in [-0.25, -0.2) is 4.79 Å². The first-order chi connectivity index (χ1) is 15.0. The molecule has 6 nitrogen and oxygen atoms in total. The van der Waals surface area contributed by atoms with E-state index in [0.717, 1.165) is 5.56 Å². The summed E-state index contributed by atoms with van der Waals surface area (Å²) in [7, 11) is 0. The van der Waals surface area contributed by atoms with Gasteiger partial charge in [-0.15, -0.1) is 0 Å². The monoisotopic (exact) mass is 412 g/mol. The summed E-state index contributed by atoms with van der Waals surface area (Å²) in [5, 5.41) is 5.00. The number of para-hydroxylation sites is 1. The Balaban J connectivity index is 1.72. The Labute approximate surface area is 178 Å². The van der Waals surface area contributed by atoms with Gasteiger partial charge in [-0.05, 0) is 32.0 Å². The lowest BCUT2D eigenvalue weighted by molar-refractivity contribution is 0.0313. The number of benzene rings is 3. The van der Waals surface area contributed by atoms with Crippen LogP contribution in [0.3, 0.4) is 0 Å². The van der Waals surface area contributed by atoms with Gasteiger partial charge in [0.05, 0.1) is 11.1 Å². The number of nitrogens with zero attached hydrogens (tertiary/aromatic N) is 2. The van der Waals surface area contributed by atoms with E-state index in [-0.39, 0.29) is 17.0 Å². The summed E-state index contributed by atoms with van der Waals surface area (Å²) in [5.41, 5.74) is 1.64. The zero-order chi connectivity index (χ0) is 22.0. The molecule has 154 valence electrons.